The second kappa shape index (κ2) is 11.0. The lowest BCUT2D eigenvalue weighted by Gasteiger charge is -2.08. The molecule has 0 heterocycles. The van der Waals surface area contributed by atoms with Crippen LogP contribution in [0.4, 0.5) is 0 Å². The Morgan fingerprint density at radius 1 is 0.900 bits per heavy atom. The zero-order chi connectivity index (χ0) is 15.4. The first-order chi connectivity index (χ1) is 9.81. The average Bonchev–Trinajstić information content (AvgIpc) is 2.54. The van der Waals surface area contributed by atoms with Crippen molar-refractivity contribution in [2.24, 2.45) is 5.73 Å². The van der Waals surface area contributed by atoms with Gasteiger partial charge in [-0.2, -0.15) is 0 Å². The fraction of sp³-hybridized carbons (Fsp3) is 0.263. The van der Waals surface area contributed by atoms with Gasteiger partial charge in [-0.25, -0.2) is 0 Å². The van der Waals surface area contributed by atoms with Crippen molar-refractivity contribution in [3.05, 3.63) is 77.4 Å². The van der Waals surface area contributed by atoms with Crippen LogP contribution in [0.15, 0.2) is 55.1 Å². The van der Waals surface area contributed by atoms with Crippen molar-refractivity contribution in [2.45, 2.75) is 27.2 Å². The number of hydrogen-bond acceptors (Lipinski definition) is 1. The predicted molar refractivity (Wildman–Crippen MR) is 92.0 cm³/mol. The van der Waals surface area contributed by atoms with E-state index in [1.807, 2.05) is 19.9 Å². The maximum absolute atomic E-state index is 4.50. The summed E-state index contributed by atoms with van der Waals surface area (Å²) in [6, 6.07) is 16.9. The van der Waals surface area contributed by atoms with E-state index in [2.05, 4.69) is 67.8 Å². The molecule has 2 rings (SSSR count). The first-order valence-corrected chi connectivity index (χ1v) is 7.14. The van der Waals surface area contributed by atoms with Gasteiger partial charge in [0.1, 0.15) is 0 Å². The molecule has 0 aromatic heterocycles. The molecule has 0 saturated carbocycles. The number of hydrogen-bond donors (Lipinski definition) is 1. The van der Waals surface area contributed by atoms with E-state index >= 15 is 0 Å². The first-order valence-electron chi connectivity index (χ1n) is 7.14. The Kier molecular flexibility index (Phi) is 9.98. The second-order valence-electron chi connectivity index (χ2n) is 4.01. The van der Waals surface area contributed by atoms with Crippen LogP contribution in [0.25, 0.3) is 6.08 Å². The minimum Gasteiger partial charge on any atom is -0.333 e. The highest BCUT2D eigenvalue weighted by molar-refractivity contribution is 5.53. The summed E-state index contributed by atoms with van der Waals surface area (Å²) >= 11 is 0. The van der Waals surface area contributed by atoms with Crippen LogP contribution in [-0.2, 0) is 6.42 Å². The third-order valence-corrected chi connectivity index (χ3v) is 2.92. The van der Waals surface area contributed by atoms with Crippen LogP contribution >= 0.6 is 0 Å². The van der Waals surface area contributed by atoms with Gasteiger partial charge in [0, 0.05) is 0 Å². The van der Waals surface area contributed by atoms with Crippen molar-refractivity contribution in [3.63, 3.8) is 0 Å². The van der Waals surface area contributed by atoms with Crippen LogP contribution in [0, 0.1) is 6.92 Å². The van der Waals surface area contributed by atoms with Crippen LogP contribution in [0.1, 0.15) is 36.1 Å². The summed E-state index contributed by atoms with van der Waals surface area (Å²) in [7, 11) is 1.50. The zero-order valence-corrected chi connectivity index (χ0v) is 13.2. The Morgan fingerprint density at radius 2 is 1.40 bits per heavy atom. The lowest BCUT2D eigenvalue weighted by atomic mass is 9.97. The van der Waals surface area contributed by atoms with Crippen molar-refractivity contribution in [2.75, 3.05) is 7.05 Å². The summed E-state index contributed by atoms with van der Waals surface area (Å²) in [5.74, 6) is 0. The van der Waals surface area contributed by atoms with Crippen LogP contribution in [0.3, 0.4) is 0 Å². The lowest BCUT2D eigenvalue weighted by Crippen LogP contribution is -1.93. The fourth-order valence-corrected chi connectivity index (χ4v) is 1.91. The van der Waals surface area contributed by atoms with E-state index in [1.165, 1.54) is 29.3 Å². The van der Waals surface area contributed by atoms with Gasteiger partial charge in [-0.3, -0.25) is 0 Å². The molecule has 0 aliphatic rings. The molecule has 1 nitrogen and oxygen atoms in total. The van der Waals surface area contributed by atoms with Gasteiger partial charge in [-0.1, -0.05) is 75.0 Å². The summed E-state index contributed by atoms with van der Waals surface area (Å²) in [5, 5.41) is 0. The molecule has 2 aromatic carbocycles. The highest BCUT2D eigenvalue weighted by Crippen LogP contribution is 2.17. The normalized spacial score (nSPS) is 8.65. The highest BCUT2D eigenvalue weighted by Gasteiger charge is 2.02. The Labute approximate surface area is 124 Å². The van der Waals surface area contributed by atoms with Crippen LogP contribution in [0.2, 0.25) is 0 Å². The molecule has 0 saturated heterocycles. The average molecular weight is 269 g/mol. The van der Waals surface area contributed by atoms with Crippen molar-refractivity contribution in [1.29, 1.82) is 0 Å². The Bertz CT molecular complexity index is 501. The Hall–Kier alpha value is -1.86. The monoisotopic (exact) mass is 269 g/mol. The summed E-state index contributed by atoms with van der Waals surface area (Å²) in [5.41, 5.74) is 9.80. The van der Waals surface area contributed by atoms with E-state index in [9.17, 15) is 0 Å². The molecular formula is C19H27N. The van der Waals surface area contributed by atoms with Gasteiger partial charge in [0.25, 0.3) is 0 Å². The van der Waals surface area contributed by atoms with Gasteiger partial charge in [0.05, 0.1) is 0 Å². The van der Waals surface area contributed by atoms with Crippen molar-refractivity contribution in [3.8, 4) is 0 Å². The molecule has 20 heavy (non-hydrogen) atoms. The highest BCUT2D eigenvalue weighted by atomic mass is 14.4. The van der Waals surface area contributed by atoms with Gasteiger partial charge in [0.2, 0.25) is 0 Å². The largest absolute Gasteiger partial charge is 0.333 e. The van der Waals surface area contributed by atoms with Crippen molar-refractivity contribution < 1.29 is 0 Å². The van der Waals surface area contributed by atoms with Crippen LogP contribution < -0.4 is 5.73 Å². The summed E-state index contributed by atoms with van der Waals surface area (Å²) in [6.07, 6.45) is 2.91. The second-order valence-corrected chi connectivity index (χ2v) is 4.01. The molecule has 0 unspecified atom stereocenters. The van der Waals surface area contributed by atoms with Gasteiger partial charge >= 0.3 is 0 Å². The molecule has 0 amide bonds. The molecular weight excluding hydrogens is 242 g/mol. The fourth-order valence-electron chi connectivity index (χ4n) is 1.91. The van der Waals surface area contributed by atoms with E-state index in [4.69, 9.17) is 0 Å². The molecule has 2 aromatic rings. The smallest absolute Gasteiger partial charge is 0.00172 e. The summed E-state index contributed by atoms with van der Waals surface area (Å²) in [6.45, 7) is 10.0. The molecule has 108 valence electrons. The third kappa shape index (κ3) is 5.41. The molecule has 0 atom stereocenters. The van der Waals surface area contributed by atoms with Crippen LogP contribution in [-0.4, -0.2) is 7.05 Å². The Morgan fingerprint density at radius 3 is 1.95 bits per heavy atom. The molecule has 0 aliphatic carbocycles. The SMILES string of the molecule is C=Cc1ccccc1Cc1ccccc1C.CC.CN. The van der Waals surface area contributed by atoms with Crippen molar-refractivity contribution >= 4 is 6.08 Å². The standard InChI is InChI=1S/C16H16.C2H6.CH5N/c1-3-14-9-6-7-11-16(14)12-15-10-5-4-8-13(15)2;2*1-2/h3-11H,1,12H2,2H3;1-2H3;2H2,1H3. The van der Waals surface area contributed by atoms with Crippen molar-refractivity contribution in [1.82, 2.24) is 0 Å². The van der Waals surface area contributed by atoms with Gasteiger partial charge in [-0.05, 0) is 42.6 Å². The third-order valence-electron chi connectivity index (χ3n) is 2.92. The van der Waals surface area contributed by atoms with E-state index in [1.54, 1.807) is 0 Å². The number of rotatable bonds is 3. The molecule has 2 N–H and O–H groups in total. The Balaban J connectivity index is 0.000000829. The minimum atomic E-state index is 0.981. The van der Waals surface area contributed by atoms with E-state index < -0.39 is 0 Å². The van der Waals surface area contributed by atoms with Gasteiger partial charge in [0.15, 0.2) is 0 Å². The maximum Gasteiger partial charge on any atom is -0.00172 e. The first kappa shape index (κ1) is 18.1. The topological polar surface area (TPSA) is 26.0 Å². The van der Waals surface area contributed by atoms with E-state index in [-0.39, 0.29) is 0 Å². The van der Waals surface area contributed by atoms with E-state index in [0.717, 1.165) is 6.42 Å². The number of nitrogens with two attached hydrogens (primary N) is 1. The molecule has 0 aliphatic heterocycles. The molecule has 0 bridgehead atoms. The maximum atomic E-state index is 4.50. The van der Waals surface area contributed by atoms with E-state index in [0.29, 0.717) is 0 Å². The molecule has 0 fully saturated rings. The van der Waals surface area contributed by atoms with Gasteiger partial charge in [-0.15, -0.1) is 0 Å². The molecule has 0 radical (unpaired) electrons. The van der Waals surface area contributed by atoms with Gasteiger partial charge < -0.3 is 5.73 Å². The zero-order valence-electron chi connectivity index (χ0n) is 13.2. The molecule has 1 heteroatoms. The lowest BCUT2D eigenvalue weighted by molar-refractivity contribution is 1.15. The summed E-state index contributed by atoms with van der Waals surface area (Å²) < 4.78 is 0. The minimum absolute atomic E-state index is 0.981. The predicted octanol–water partition coefficient (Wildman–Crippen LogP) is 4.83. The molecule has 0 spiro atoms. The number of aryl methyl sites for hydroxylation is 1. The van der Waals surface area contributed by atoms with Crippen LogP contribution in [0.5, 0.6) is 0 Å². The summed E-state index contributed by atoms with van der Waals surface area (Å²) in [4.78, 5) is 0. The number of benzene rings is 2. The quantitative estimate of drug-likeness (QED) is 0.848.